The van der Waals surface area contributed by atoms with Gasteiger partial charge in [-0.3, -0.25) is 4.79 Å². The van der Waals surface area contributed by atoms with Crippen LogP contribution >= 0.6 is 15.9 Å². The highest BCUT2D eigenvalue weighted by molar-refractivity contribution is 9.10. The van der Waals surface area contributed by atoms with Crippen molar-refractivity contribution in [3.8, 4) is 0 Å². The van der Waals surface area contributed by atoms with Gasteiger partial charge in [-0.05, 0) is 37.9 Å². The Morgan fingerprint density at radius 2 is 2.06 bits per heavy atom. The molecule has 1 rings (SSSR count). The lowest BCUT2D eigenvalue weighted by molar-refractivity contribution is -0.121. The molecule has 0 spiro atoms. The van der Waals surface area contributed by atoms with Gasteiger partial charge in [0.25, 0.3) is 0 Å². The van der Waals surface area contributed by atoms with Crippen LogP contribution in [0.15, 0.2) is 28.7 Å². The summed E-state index contributed by atoms with van der Waals surface area (Å²) in [7, 11) is 0. The van der Waals surface area contributed by atoms with Crippen LogP contribution in [0, 0.1) is 0 Å². The van der Waals surface area contributed by atoms with Crippen molar-refractivity contribution in [2.45, 2.75) is 38.6 Å². The van der Waals surface area contributed by atoms with Crippen molar-refractivity contribution in [3.63, 3.8) is 0 Å². The molecule has 3 N–H and O–H groups in total. The summed E-state index contributed by atoms with van der Waals surface area (Å²) in [5.41, 5.74) is 6.52. The molecular weight excluding hydrogens is 292 g/mol. The van der Waals surface area contributed by atoms with Gasteiger partial charge in [0.2, 0.25) is 5.91 Å². The molecule has 0 saturated heterocycles. The van der Waals surface area contributed by atoms with Gasteiger partial charge in [0.05, 0.1) is 6.04 Å². The van der Waals surface area contributed by atoms with E-state index in [2.05, 4.69) is 21.2 Å². The Morgan fingerprint density at radius 3 is 2.72 bits per heavy atom. The number of hydrogen-bond donors (Lipinski definition) is 2. The van der Waals surface area contributed by atoms with Crippen LogP contribution in [0.2, 0.25) is 0 Å². The topological polar surface area (TPSA) is 55.1 Å². The molecule has 0 radical (unpaired) electrons. The molecule has 0 saturated carbocycles. The van der Waals surface area contributed by atoms with Gasteiger partial charge in [-0.15, -0.1) is 0 Å². The average molecular weight is 313 g/mol. The van der Waals surface area contributed by atoms with Crippen LogP contribution in [0.5, 0.6) is 0 Å². The van der Waals surface area contributed by atoms with E-state index in [4.69, 9.17) is 5.73 Å². The maximum absolute atomic E-state index is 11.7. The van der Waals surface area contributed by atoms with Gasteiger partial charge in [-0.1, -0.05) is 40.5 Å². The fourth-order valence-corrected chi connectivity index (χ4v) is 2.45. The lowest BCUT2D eigenvalue weighted by atomic mass is 10.1. The summed E-state index contributed by atoms with van der Waals surface area (Å²) < 4.78 is 1.03. The summed E-state index contributed by atoms with van der Waals surface area (Å²) in [5.74, 6) is 0.107. The molecule has 0 aliphatic heterocycles. The lowest BCUT2D eigenvalue weighted by Crippen LogP contribution is -2.26. The summed E-state index contributed by atoms with van der Waals surface area (Å²) in [6, 6.07) is 7.98. The van der Waals surface area contributed by atoms with E-state index in [9.17, 15) is 4.79 Å². The largest absolute Gasteiger partial charge is 0.350 e. The number of halogens is 1. The number of carbonyl (C=O) groups excluding carboxylic acids is 1. The summed E-state index contributed by atoms with van der Waals surface area (Å²) in [6.45, 7) is 2.70. The number of nitrogens with two attached hydrogens (primary N) is 1. The Hall–Kier alpha value is -0.870. The number of nitrogens with one attached hydrogen (secondary N) is 1. The molecule has 18 heavy (non-hydrogen) atoms. The van der Waals surface area contributed by atoms with E-state index in [0.717, 1.165) is 29.3 Å². The second-order valence-electron chi connectivity index (χ2n) is 4.41. The summed E-state index contributed by atoms with van der Waals surface area (Å²) in [6.07, 6.45) is 3.50. The van der Waals surface area contributed by atoms with E-state index < -0.39 is 0 Å². The molecule has 100 valence electrons. The first-order valence-electron chi connectivity index (χ1n) is 6.39. The van der Waals surface area contributed by atoms with E-state index in [1.165, 1.54) is 0 Å². The zero-order valence-corrected chi connectivity index (χ0v) is 12.4. The highest BCUT2D eigenvalue weighted by Crippen LogP contribution is 2.22. The average Bonchev–Trinajstić information content (AvgIpc) is 2.35. The molecular formula is C14H21BrN2O. The highest BCUT2D eigenvalue weighted by atomic mass is 79.9. The van der Waals surface area contributed by atoms with Gasteiger partial charge in [-0.25, -0.2) is 0 Å². The van der Waals surface area contributed by atoms with Crippen LogP contribution in [0.25, 0.3) is 0 Å². The van der Waals surface area contributed by atoms with Crippen LogP contribution in [0.3, 0.4) is 0 Å². The summed E-state index contributed by atoms with van der Waals surface area (Å²) in [5, 5.41) is 3.01. The zero-order valence-electron chi connectivity index (χ0n) is 10.8. The molecule has 0 bridgehead atoms. The smallest absolute Gasteiger partial charge is 0.220 e. The van der Waals surface area contributed by atoms with Crippen LogP contribution in [-0.4, -0.2) is 12.5 Å². The summed E-state index contributed by atoms with van der Waals surface area (Å²) >= 11 is 3.49. The molecule has 1 aromatic rings. The SMILES string of the molecule is CC(NC(=O)CCCCCN)c1ccccc1Br. The fourth-order valence-electron chi connectivity index (χ4n) is 1.82. The molecule has 0 heterocycles. The van der Waals surface area contributed by atoms with Crippen molar-refractivity contribution in [1.29, 1.82) is 0 Å². The van der Waals surface area contributed by atoms with E-state index in [0.29, 0.717) is 13.0 Å². The third-order valence-electron chi connectivity index (χ3n) is 2.86. The first-order chi connectivity index (χ1) is 8.65. The third kappa shape index (κ3) is 5.19. The normalized spacial score (nSPS) is 12.2. The maximum atomic E-state index is 11.7. The quantitative estimate of drug-likeness (QED) is 0.760. The molecule has 0 aliphatic carbocycles. The molecule has 3 nitrogen and oxygen atoms in total. The van der Waals surface area contributed by atoms with Gasteiger partial charge in [0, 0.05) is 10.9 Å². The number of amides is 1. The molecule has 1 aromatic carbocycles. The Bertz CT molecular complexity index is 382. The highest BCUT2D eigenvalue weighted by Gasteiger charge is 2.11. The van der Waals surface area contributed by atoms with E-state index in [-0.39, 0.29) is 11.9 Å². The monoisotopic (exact) mass is 312 g/mol. The van der Waals surface area contributed by atoms with Crippen molar-refractivity contribution in [1.82, 2.24) is 5.32 Å². The Morgan fingerprint density at radius 1 is 1.33 bits per heavy atom. The van der Waals surface area contributed by atoms with Crippen molar-refractivity contribution in [2.24, 2.45) is 5.73 Å². The van der Waals surface area contributed by atoms with Crippen LogP contribution in [-0.2, 0) is 4.79 Å². The van der Waals surface area contributed by atoms with Crippen LogP contribution in [0.1, 0.15) is 44.2 Å². The van der Waals surface area contributed by atoms with Crippen molar-refractivity contribution < 1.29 is 4.79 Å². The van der Waals surface area contributed by atoms with Crippen molar-refractivity contribution in [2.75, 3.05) is 6.54 Å². The van der Waals surface area contributed by atoms with Gasteiger partial charge in [-0.2, -0.15) is 0 Å². The minimum absolute atomic E-state index is 0.0302. The van der Waals surface area contributed by atoms with Crippen LogP contribution in [0.4, 0.5) is 0 Å². The van der Waals surface area contributed by atoms with Gasteiger partial charge >= 0.3 is 0 Å². The van der Waals surface area contributed by atoms with Gasteiger partial charge in [0.1, 0.15) is 0 Å². The molecule has 1 unspecified atom stereocenters. The molecule has 1 amide bonds. The predicted octanol–water partition coefficient (Wildman–Crippen LogP) is 3.15. The third-order valence-corrected chi connectivity index (χ3v) is 3.58. The molecule has 0 fully saturated rings. The molecule has 1 atom stereocenters. The minimum atomic E-state index is 0.0302. The number of benzene rings is 1. The molecule has 0 aliphatic rings. The van der Waals surface area contributed by atoms with Crippen molar-refractivity contribution in [3.05, 3.63) is 34.3 Å². The second-order valence-corrected chi connectivity index (χ2v) is 5.26. The Balaban J connectivity index is 2.38. The first-order valence-corrected chi connectivity index (χ1v) is 7.18. The minimum Gasteiger partial charge on any atom is -0.350 e. The number of hydrogen-bond acceptors (Lipinski definition) is 2. The maximum Gasteiger partial charge on any atom is 0.220 e. The lowest BCUT2D eigenvalue weighted by Gasteiger charge is -2.15. The first kappa shape index (κ1) is 15.2. The Kier molecular flexibility index (Phi) is 6.98. The van der Waals surface area contributed by atoms with E-state index in [1.54, 1.807) is 0 Å². The number of carbonyl (C=O) groups is 1. The van der Waals surface area contributed by atoms with Gasteiger partial charge < -0.3 is 11.1 Å². The van der Waals surface area contributed by atoms with E-state index >= 15 is 0 Å². The Labute approximate surface area is 117 Å². The summed E-state index contributed by atoms with van der Waals surface area (Å²) in [4.78, 5) is 11.7. The van der Waals surface area contributed by atoms with Gasteiger partial charge in [0.15, 0.2) is 0 Å². The van der Waals surface area contributed by atoms with E-state index in [1.807, 2.05) is 31.2 Å². The number of unbranched alkanes of at least 4 members (excludes halogenated alkanes) is 2. The zero-order chi connectivity index (χ0) is 13.4. The second kappa shape index (κ2) is 8.27. The predicted molar refractivity (Wildman–Crippen MR) is 78.2 cm³/mol. The standard InChI is InChI=1S/C14H21BrN2O/c1-11(12-7-4-5-8-13(12)15)17-14(18)9-3-2-6-10-16/h4-5,7-8,11H,2-3,6,9-10,16H2,1H3,(H,17,18). The van der Waals surface area contributed by atoms with Crippen LogP contribution < -0.4 is 11.1 Å². The fraction of sp³-hybridized carbons (Fsp3) is 0.500. The van der Waals surface area contributed by atoms with Crippen molar-refractivity contribution >= 4 is 21.8 Å². The number of rotatable bonds is 7. The molecule has 4 heteroatoms. The molecule has 0 aromatic heterocycles.